The second-order valence-corrected chi connectivity index (χ2v) is 5.89. The number of amides is 1. The van der Waals surface area contributed by atoms with Crippen LogP contribution in [0.25, 0.3) is 0 Å². The number of hydrogen-bond donors (Lipinski definition) is 0. The number of benzene rings is 2. The highest BCUT2D eigenvalue weighted by Crippen LogP contribution is 2.28. The summed E-state index contributed by atoms with van der Waals surface area (Å²) in [4.78, 5) is 14.5. The van der Waals surface area contributed by atoms with Gasteiger partial charge in [-0.1, -0.05) is 30.3 Å². The molecule has 5 heteroatoms. The molecule has 0 fully saturated rings. The number of carbonyl (C=O) groups is 1. The first kappa shape index (κ1) is 12.9. The van der Waals surface area contributed by atoms with Crippen LogP contribution in [-0.4, -0.2) is 22.6 Å². The van der Waals surface area contributed by atoms with Crippen molar-refractivity contribution in [1.82, 2.24) is 0 Å². The molecule has 102 valence electrons. The Balaban J connectivity index is 1.86. The smallest absolute Gasteiger partial charge is 0.410 e. The maximum atomic E-state index is 12.2. The lowest BCUT2D eigenvalue weighted by Gasteiger charge is -2.27. The Hall–Kier alpha value is -2.14. The summed E-state index contributed by atoms with van der Waals surface area (Å²) in [6.07, 6.45) is -0.444. The molecule has 1 heterocycles. The van der Waals surface area contributed by atoms with Crippen molar-refractivity contribution in [3.05, 3.63) is 54.6 Å². The summed E-state index contributed by atoms with van der Waals surface area (Å²) >= 11 is 0. The van der Waals surface area contributed by atoms with Crippen LogP contribution in [0.1, 0.15) is 0 Å². The van der Waals surface area contributed by atoms with Gasteiger partial charge in [-0.25, -0.2) is 4.79 Å². The van der Waals surface area contributed by atoms with E-state index in [0.717, 1.165) is 0 Å². The normalized spacial score (nSPS) is 17.4. The zero-order valence-electron chi connectivity index (χ0n) is 10.7. The number of fused-ring (bicyclic) bond motifs is 1. The molecule has 1 amide bonds. The molecule has 1 aliphatic rings. The first-order chi connectivity index (χ1) is 9.75. The van der Waals surface area contributed by atoms with E-state index in [0.29, 0.717) is 28.6 Å². The predicted molar refractivity (Wildman–Crippen MR) is 77.5 cm³/mol. The van der Waals surface area contributed by atoms with Gasteiger partial charge >= 0.3 is 6.09 Å². The van der Waals surface area contributed by atoms with Gasteiger partial charge in [-0.05, 0) is 24.3 Å². The fourth-order valence-electron chi connectivity index (χ4n) is 2.11. The Bertz CT molecular complexity index is 657. The largest absolute Gasteiger partial charge is 0.419 e. The second-order valence-electron chi connectivity index (χ2n) is 4.35. The highest BCUT2D eigenvalue weighted by molar-refractivity contribution is 7.85. The molecule has 3 rings (SSSR count). The molecule has 1 atom stereocenters. The summed E-state index contributed by atoms with van der Waals surface area (Å²) in [7, 11) is -1.05. The Morgan fingerprint density at radius 1 is 1.05 bits per heavy atom. The summed E-state index contributed by atoms with van der Waals surface area (Å²) in [6, 6.07) is 16.1. The molecule has 20 heavy (non-hydrogen) atoms. The molecule has 1 unspecified atom stereocenters. The minimum atomic E-state index is -1.05. The van der Waals surface area contributed by atoms with Crippen LogP contribution in [0.5, 0.6) is 5.75 Å². The molecule has 0 saturated heterocycles. The highest BCUT2D eigenvalue weighted by Gasteiger charge is 2.27. The molecule has 2 aromatic carbocycles. The first-order valence-corrected chi connectivity index (χ1v) is 7.59. The summed E-state index contributed by atoms with van der Waals surface area (Å²) in [5.74, 6) is 0.933. The predicted octanol–water partition coefficient (Wildman–Crippen LogP) is 2.81. The van der Waals surface area contributed by atoms with E-state index in [4.69, 9.17) is 4.74 Å². The lowest BCUT2D eigenvalue weighted by molar-refractivity contribution is 0.207. The maximum absolute atomic E-state index is 12.2. The monoisotopic (exact) mass is 287 g/mol. The van der Waals surface area contributed by atoms with E-state index in [2.05, 4.69) is 0 Å². The summed E-state index contributed by atoms with van der Waals surface area (Å²) in [5, 5.41) is 0. The van der Waals surface area contributed by atoms with Crippen molar-refractivity contribution in [2.45, 2.75) is 4.90 Å². The number of hydrogen-bond acceptors (Lipinski definition) is 3. The van der Waals surface area contributed by atoms with Gasteiger partial charge in [0.25, 0.3) is 0 Å². The van der Waals surface area contributed by atoms with Crippen LogP contribution in [-0.2, 0) is 10.8 Å². The van der Waals surface area contributed by atoms with E-state index < -0.39 is 16.9 Å². The number of ether oxygens (including phenoxy) is 1. The van der Waals surface area contributed by atoms with Gasteiger partial charge in [0.1, 0.15) is 5.75 Å². The van der Waals surface area contributed by atoms with Crippen LogP contribution in [0.4, 0.5) is 10.5 Å². The molecule has 0 aromatic heterocycles. The molecular formula is C15H13NO3S. The first-order valence-electron chi connectivity index (χ1n) is 6.27. The molecule has 0 radical (unpaired) electrons. The number of nitrogens with zero attached hydrogens (tertiary/aromatic N) is 1. The SMILES string of the molecule is O=C(Oc1ccccc1)N1CCS(=O)c2ccccc21. The van der Waals surface area contributed by atoms with Gasteiger partial charge in [-0.3, -0.25) is 9.11 Å². The number of carbonyl (C=O) groups excluding carboxylic acids is 1. The van der Waals surface area contributed by atoms with Crippen LogP contribution >= 0.6 is 0 Å². The van der Waals surface area contributed by atoms with E-state index in [1.54, 1.807) is 24.3 Å². The molecule has 0 aliphatic carbocycles. The van der Waals surface area contributed by atoms with Crippen molar-refractivity contribution in [2.24, 2.45) is 0 Å². The van der Waals surface area contributed by atoms with Gasteiger partial charge < -0.3 is 4.74 Å². The fraction of sp³-hybridized carbons (Fsp3) is 0.133. The van der Waals surface area contributed by atoms with Gasteiger partial charge in [0.15, 0.2) is 0 Å². The Morgan fingerprint density at radius 3 is 2.55 bits per heavy atom. The van der Waals surface area contributed by atoms with Gasteiger partial charge in [0, 0.05) is 12.3 Å². The highest BCUT2D eigenvalue weighted by atomic mass is 32.2. The van der Waals surface area contributed by atoms with Crippen molar-refractivity contribution in [3.63, 3.8) is 0 Å². The van der Waals surface area contributed by atoms with Gasteiger partial charge in [-0.15, -0.1) is 0 Å². The Kier molecular flexibility index (Phi) is 3.52. The molecule has 0 bridgehead atoms. The Morgan fingerprint density at radius 2 is 1.75 bits per heavy atom. The molecule has 0 N–H and O–H groups in total. The van der Waals surface area contributed by atoms with Gasteiger partial charge in [0.2, 0.25) is 0 Å². The van der Waals surface area contributed by atoms with E-state index >= 15 is 0 Å². The van der Waals surface area contributed by atoms with Crippen molar-refractivity contribution in [3.8, 4) is 5.75 Å². The van der Waals surface area contributed by atoms with Crippen LogP contribution in [0.3, 0.4) is 0 Å². The summed E-state index contributed by atoms with van der Waals surface area (Å²) in [6.45, 7) is 0.398. The maximum Gasteiger partial charge on any atom is 0.419 e. The molecule has 2 aromatic rings. The van der Waals surface area contributed by atoms with Crippen LogP contribution in [0.15, 0.2) is 59.5 Å². The average Bonchev–Trinajstić information content (AvgIpc) is 2.49. The number of anilines is 1. The van der Waals surface area contributed by atoms with Crippen molar-refractivity contribution in [1.29, 1.82) is 0 Å². The number of rotatable bonds is 1. The van der Waals surface area contributed by atoms with Crippen LogP contribution < -0.4 is 9.64 Å². The minimum absolute atomic E-state index is 0.398. The topological polar surface area (TPSA) is 46.6 Å². The molecule has 4 nitrogen and oxygen atoms in total. The molecule has 0 spiro atoms. The third kappa shape index (κ3) is 2.44. The van der Waals surface area contributed by atoms with E-state index in [1.165, 1.54) is 4.90 Å². The number of para-hydroxylation sites is 2. The van der Waals surface area contributed by atoms with Gasteiger partial charge in [-0.2, -0.15) is 0 Å². The lowest BCUT2D eigenvalue weighted by atomic mass is 10.3. The van der Waals surface area contributed by atoms with E-state index in [1.807, 2.05) is 30.3 Å². The standard InChI is InChI=1S/C15H13NO3S/c17-15(19-12-6-2-1-3-7-12)16-10-11-20(18)14-9-5-4-8-13(14)16/h1-9H,10-11H2. The van der Waals surface area contributed by atoms with Crippen LogP contribution in [0.2, 0.25) is 0 Å². The van der Waals surface area contributed by atoms with Crippen molar-refractivity contribution < 1.29 is 13.7 Å². The van der Waals surface area contributed by atoms with Crippen molar-refractivity contribution in [2.75, 3.05) is 17.2 Å². The van der Waals surface area contributed by atoms with Crippen molar-refractivity contribution >= 4 is 22.6 Å². The molecule has 1 aliphatic heterocycles. The fourth-order valence-corrected chi connectivity index (χ4v) is 3.32. The lowest BCUT2D eigenvalue weighted by Crippen LogP contribution is -2.40. The zero-order chi connectivity index (χ0) is 13.9. The van der Waals surface area contributed by atoms with Crippen LogP contribution in [0, 0.1) is 0 Å². The quantitative estimate of drug-likeness (QED) is 0.810. The third-order valence-electron chi connectivity index (χ3n) is 3.07. The summed E-state index contributed by atoms with van der Waals surface area (Å²) in [5.41, 5.74) is 0.665. The molecular weight excluding hydrogens is 274 g/mol. The second kappa shape index (κ2) is 5.46. The van der Waals surface area contributed by atoms with E-state index in [-0.39, 0.29) is 0 Å². The summed E-state index contributed by atoms with van der Waals surface area (Å²) < 4.78 is 17.3. The van der Waals surface area contributed by atoms with E-state index in [9.17, 15) is 9.00 Å². The zero-order valence-corrected chi connectivity index (χ0v) is 11.5. The molecule has 0 saturated carbocycles. The third-order valence-corrected chi connectivity index (χ3v) is 4.46. The average molecular weight is 287 g/mol. The van der Waals surface area contributed by atoms with Gasteiger partial charge in [0.05, 0.1) is 21.4 Å². The Labute approximate surface area is 119 Å². The minimum Gasteiger partial charge on any atom is -0.410 e.